The molecule has 0 aliphatic carbocycles. The lowest BCUT2D eigenvalue weighted by Gasteiger charge is -2.36. The second-order valence-corrected chi connectivity index (χ2v) is 5.96. The summed E-state index contributed by atoms with van der Waals surface area (Å²) in [5.41, 5.74) is 1.52. The minimum Gasteiger partial charge on any atom is -0.368 e. The Morgan fingerprint density at radius 3 is 2.33 bits per heavy atom. The van der Waals surface area contributed by atoms with E-state index in [9.17, 15) is 18.0 Å². The summed E-state index contributed by atoms with van der Waals surface area (Å²) in [5, 5.41) is 0. The summed E-state index contributed by atoms with van der Waals surface area (Å²) in [6, 6.07) is 5.32. The highest BCUT2D eigenvalue weighted by Gasteiger charge is 2.32. The van der Waals surface area contributed by atoms with E-state index < -0.39 is 12.7 Å². The number of carbonyl (C=O) groups excluding carboxylic acids is 1. The van der Waals surface area contributed by atoms with E-state index in [0.717, 1.165) is 10.2 Å². The zero-order chi connectivity index (χ0) is 15.6. The molecular weight excluding hydrogens is 349 g/mol. The molecule has 0 spiro atoms. The Balaban J connectivity index is 2.01. The van der Waals surface area contributed by atoms with Crippen LogP contribution >= 0.6 is 15.9 Å². The van der Waals surface area contributed by atoms with Crippen LogP contribution in [-0.2, 0) is 0 Å². The van der Waals surface area contributed by atoms with Crippen LogP contribution in [0.5, 0.6) is 0 Å². The first-order chi connectivity index (χ1) is 9.76. The van der Waals surface area contributed by atoms with Gasteiger partial charge in [0.25, 0.3) is 0 Å². The molecule has 0 unspecified atom stereocenters. The van der Waals surface area contributed by atoms with Crippen LogP contribution in [0.15, 0.2) is 22.7 Å². The Morgan fingerprint density at radius 2 is 1.86 bits per heavy atom. The molecule has 1 aliphatic rings. The number of ketones is 1. The van der Waals surface area contributed by atoms with Gasteiger partial charge >= 0.3 is 6.18 Å². The first-order valence-electron chi connectivity index (χ1n) is 6.61. The molecule has 1 fully saturated rings. The number of rotatable bonds is 3. The standard InChI is InChI=1S/C14H16BrF3N2O/c1-10(21)11-2-3-13(12(15)8-11)20-6-4-19(5-7-20)9-14(16,17)18/h2-3,8H,4-7,9H2,1H3. The van der Waals surface area contributed by atoms with Crippen molar-refractivity contribution in [2.75, 3.05) is 37.6 Å². The van der Waals surface area contributed by atoms with Crippen LogP contribution < -0.4 is 4.90 Å². The van der Waals surface area contributed by atoms with Crippen molar-refractivity contribution in [1.82, 2.24) is 4.90 Å². The normalized spacial score (nSPS) is 17.1. The van der Waals surface area contributed by atoms with E-state index >= 15 is 0 Å². The molecule has 0 aromatic heterocycles. The van der Waals surface area contributed by atoms with Gasteiger partial charge in [-0.05, 0) is 41.1 Å². The summed E-state index contributed by atoms with van der Waals surface area (Å²) >= 11 is 3.43. The van der Waals surface area contributed by atoms with E-state index in [0.29, 0.717) is 31.7 Å². The molecule has 2 rings (SSSR count). The number of piperazine rings is 1. The van der Waals surface area contributed by atoms with Gasteiger partial charge in [0.2, 0.25) is 0 Å². The molecule has 21 heavy (non-hydrogen) atoms. The van der Waals surface area contributed by atoms with Gasteiger partial charge in [-0.1, -0.05) is 0 Å². The summed E-state index contributed by atoms with van der Waals surface area (Å²) in [5.74, 6) is -0.0164. The average molecular weight is 365 g/mol. The third-order valence-electron chi connectivity index (χ3n) is 3.47. The third-order valence-corrected chi connectivity index (χ3v) is 4.11. The first-order valence-corrected chi connectivity index (χ1v) is 7.40. The van der Waals surface area contributed by atoms with Crippen LogP contribution in [0.25, 0.3) is 0 Å². The van der Waals surface area contributed by atoms with E-state index in [1.807, 2.05) is 11.0 Å². The van der Waals surface area contributed by atoms with Gasteiger partial charge in [-0.25, -0.2) is 0 Å². The fourth-order valence-corrected chi connectivity index (χ4v) is 3.01. The monoisotopic (exact) mass is 364 g/mol. The number of hydrogen-bond donors (Lipinski definition) is 0. The lowest BCUT2D eigenvalue weighted by Crippen LogP contribution is -2.49. The van der Waals surface area contributed by atoms with Gasteiger partial charge in [0, 0.05) is 36.2 Å². The van der Waals surface area contributed by atoms with E-state index in [2.05, 4.69) is 15.9 Å². The fraction of sp³-hybridized carbons (Fsp3) is 0.500. The molecule has 116 valence electrons. The Hall–Kier alpha value is -1.08. The molecule has 0 N–H and O–H groups in total. The molecule has 0 bridgehead atoms. The Labute approximate surface area is 129 Å². The van der Waals surface area contributed by atoms with Crippen LogP contribution in [0.2, 0.25) is 0 Å². The van der Waals surface area contributed by atoms with Gasteiger partial charge in [0.05, 0.1) is 12.2 Å². The zero-order valence-corrected chi connectivity index (χ0v) is 13.2. The smallest absolute Gasteiger partial charge is 0.368 e. The van der Waals surface area contributed by atoms with Crippen molar-refractivity contribution in [3.63, 3.8) is 0 Å². The quantitative estimate of drug-likeness (QED) is 0.768. The van der Waals surface area contributed by atoms with Crippen LogP contribution in [0.3, 0.4) is 0 Å². The SMILES string of the molecule is CC(=O)c1ccc(N2CCN(CC(F)(F)F)CC2)c(Br)c1. The maximum absolute atomic E-state index is 12.3. The molecule has 7 heteroatoms. The van der Waals surface area contributed by atoms with Gasteiger partial charge in [-0.15, -0.1) is 0 Å². The molecule has 1 saturated heterocycles. The predicted octanol–water partition coefficient (Wildman–Crippen LogP) is 3.34. The topological polar surface area (TPSA) is 23.6 Å². The van der Waals surface area contributed by atoms with Crippen molar-refractivity contribution < 1.29 is 18.0 Å². The van der Waals surface area contributed by atoms with Gasteiger partial charge in [-0.2, -0.15) is 13.2 Å². The number of carbonyl (C=O) groups is 1. The highest BCUT2D eigenvalue weighted by Crippen LogP contribution is 2.29. The number of anilines is 1. The molecule has 0 saturated carbocycles. The number of benzene rings is 1. The van der Waals surface area contributed by atoms with Crippen molar-refractivity contribution in [3.8, 4) is 0 Å². The van der Waals surface area contributed by atoms with E-state index in [1.54, 1.807) is 12.1 Å². The molecule has 1 aliphatic heterocycles. The highest BCUT2D eigenvalue weighted by atomic mass is 79.9. The van der Waals surface area contributed by atoms with Gasteiger partial charge in [0.1, 0.15) is 0 Å². The second kappa shape index (κ2) is 6.36. The van der Waals surface area contributed by atoms with E-state index in [1.165, 1.54) is 11.8 Å². The first kappa shape index (κ1) is 16.3. The summed E-state index contributed by atoms with van der Waals surface area (Å²) in [7, 11) is 0. The van der Waals surface area contributed by atoms with Crippen molar-refractivity contribution in [3.05, 3.63) is 28.2 Å². The van der Waals surface area contributed by atoms with Crippen molar-refractivity contribution in [2.45, 2.75) is 13.1 Å². The highest BCUT2D eigenvalue weighted by molar-refractivity contribution is 9.10. The largest absolute Gasteiger partial charge is 0.401 e. The minimum atomic E-state index is -4.15. The van der Waals surface area contributed by atoms with E-state index in [-0.39, 0.29) is 5.78 Å². The van der Waals surface area contributed by atoms with Crippen LogP contribution in [0.4, 0.5) is 18.9 Å². The van der Waals surface area contributed by atoms with Gasteiger partial charge < -0.3 is 4.90 Å². The molecule has 0 atom stereocenters. The number of nitrogens with zero attached hydrogens (tertiary/aromatic N) is 2. The summed E-state index contributed by atoms with van der Waals surface area (Å²) in [6.07, 6.45) is -4.15. The lowest BCUT2D eigenvalue weighted by molar-refractivity contribution is -0.146. The maximum atomic E-state index is 12.3. The Bertz CT molecular complexity index is 525. The van der Waals surface area contributed by atoms with Crippen molar-refractivity contribution >= 4 is 27.4 Å². The van der Waals surface area contributed by atoms with Crippen LogP contribution in [0, 0.1) is 0 Å². The Morgan fingerprint density at radius 1 is 1.24 bits per heavy atom. The fourth-order valence-electron chi connectivity index (χ4n) is 2.38. The molecular formula is C14H16BrF3N2O. The van der Waals surface area contributed by atoms with Gasteiger partial charge in [-0.3, -0.25) is 9.69 Å². The van der Waals surface area contributed by atoms with Crippen molar-refractivity contribution in [2.24, 2.45) is 0 Å². The minimum absolute atomic E-state index is 0.0164. The molecule has 1 aromatic rings. The summed E-state index contributed by atoms with van der Waals surface area (Å²) < 4.78 is 37.8. The number of halogens is 4. The van der Waals surface area contributed by atoms with Crippen LogP contribution in [0.1, 0.15) is 17.3 Å². The number of alkyl halides is 3. The average Bonchev–Trinajstić information content (AvgIpc) is 2.38. The van der Waals surface area contributed by atoms with Crippen LogP contribution in [-0.4, -0.2) is 49.6 Å². The molecule has 1 heterocycles. The molecule has 3 nitrogen and oxygen atoms in total. The maximum Gasteiger partial charge on any atom is 0.401 e. The summed E-state index contributed by atoms with van der Waals surface area (Å²) in [4.78, 5) is 14.8. The number of hydrogen-bond acceptors (Lipinski definition) is 3. The van der Waals surface area contributed by atoms with E-state index in [4.69, 9.17) is 0 Å². The zero-order valence-electron chi connectivity index (χ0n) is 11.6. The predicted molar refractivity (Wildman–Crippen MR) is 78.9 cm³/mol. The lowest BCUT2D eigenvalue weighted by atomic mass is 10.1. The Kier molecular flexibility index (Phi) is 4.93. The second-order valence-electron chi connectivity index (χ2n) is 5.10. The molecule has 1 aromatic carbocycles. The number of Topliss-reactive ketones (excluding diaryl/α,β-unsaturated/α-hetero) is 1. The third kappa shape index (κ3) is 4.44. The van der Waals surface area contributed by atoms with Gasteiger partial charge in [0.15, 0.2) is 5.78 Å². The molecule has 0 radical (unpaired) electrons. The molecule has 0 amide bonds. The van der Waals surface area contributed by atoms with Crippen molar-refractivity contribution in [1.29, 1.82) is 0 Å². The summed E-state index contributed by atoms with van der Waals surface area (Å²) in [6.45, 7) is 2.46.